The summed E-state index contributed by atoms with van der Waals surface area (Å²) in [7, 11) is 0. The second kappa shape index (κ2) is 5.57. The quantitative estimate of drug-likeness (QED) is 0.802. The number of carboxylic acid groups (broad SMARTS) is 1. The minimum absolute atomic E-state index is 0.0680. The van der Waals surface area contributed by atoms with Crippen LogP contribution in [0.5, 0.6) is 0 Å². The summed E-state index contributed by atoms with van der Waals surface area (Å²) in [6, 6.07) is 4.09. The molecule has 0 aliphatic heterocycles. The van der Waals surface area contributed by atoms with Gasteiger partial charge in [-0.25, -0.2) is 4.39 Å². The largest absolute Gasteiger partial charge is 0.481 e. The van der Waals surface area contributed by atoms with Crippen molar-refractivity contribution in [2.24, 2.45) is 5.92 Å². The Morgan fingerprint density at radius 3 is 2.53 bits per heavy atom. The van der Waals surface area contributed by atoms with Crippen LogP contribution in [0.25, 0.3) is 0 Å². The third kappa shape index (κ3) is 3.66. The van der Waals surface area contributed by atoms with Gasteiger partial charge >= 0.3 is 5.97 Å². The van der Waals surface area contributed by atoms with Gasteiger partial charge in [-0.1, -0.05) is 13.8 Å². The van der Waals surface area contributed by atoms with Gasteiger partial charge in [-0.15, -0.1) is 0 Å². The van der Waals surface area contributed by atoms with Crippen molar-refractivity contribution in [3.05, 3.63) is 35.1 Å². The molecule has 92 valence electrons. The number of Topliss-reactive ketones (excluding diaryl/α,β-unsaturated/α-hetero) is 1. The number of benzene rings is 1. The molecule has 1 aromatic carbocycles. The van der Waals surface area contributed by atoms with Gasteiger partial charge in [-0.2, -0.15) is 0 Å². The molecule has 0 heterocycles. The highest BCUT2D eigenvalue weighted by molar-refractivity contribution is 5.97. The molecule has 0 aliphatic rings. The van der Waals surface area contributed by atoms with Gasteiger partial charge in [-0.3, -0.25) is 9.59 Å². The molecule has 1 N–H and O–H groups in total. The van der Waals surface area contributed by atoms with Crippen molar-refractivity contribution in [2.45, 2.75) is 26.7 Å². The summed E-state index contributed by atoms with van der Waals surface area (Å²) in [4.78, 5) is 22.1. The lowest BCUT2D eigenvalue weighted by Crippen LogP contribution is -2.09. The van der Waals surface area contributed by atoms with Gasteiger partial charge in [0, 0.05) is 17.9 Å². The maximum absolute atomic E-state index is 13.4. The maximum atomic E-state index is 13.4. The number of hydrogen-bond donors (Lipinski definition) is 1. The molecule has 0 unspecified atom stereocenters. The Hall–Kier alpha value is -1.71. The molecule has 17 heavy (non-hydrogen) atoms. The highest BCUT2D eigenvalue weighted by Gasteiger charge is 2.13. The van der Waals surface area contributed by atoms with E-state index in [0.717, 1.165) is 0 Å². The maximum Gasteiger partial charge on any atom is 0.303 e. The van der Waals surface area contributed by atoms with Gasteiger partial charge in [-0.05, 0) is 30.2 Å². The summed E-state index contributed by atoms with van der Waals surface area (Å²) in [6.45, 7) is 3.53. The fourth-order valence-electron chi connectivity index (χ4n) is 1.49. The topological polar surface area (TPSA) is 54.4 Å². The molecule has 0 bridgehead atoms. The van der Waals surface area contributed by atoms with Crippen molar-refractivity contribution in [2.75, 3.05) is 0 Å². The van der Waals surface area contributed by atoms with Crippen LogP contribution in [0.1, 0.15) is 36.2 Å². The van der Waals surface area contributed by atoms with E-state index in [2.05, 4.69) is 0 Å². The van der Waals surface area contributed by atoms with Gasteiger partial charge in [0.1, 0.15) is 5.82 Å². The van der Waals surface area contributed by atoms with Gasteiger partial charge < -0.3 is 5.11 Å². The van der Waals surface area contributed by atoms with Crippen molar-refractivity contribution in [3.63, 3.8) is 0 Å². The molecule has 0 radical (unpaired) electrons. The van der Waals surface area contributed by atoms with E-state index in [1.54, 1.807) is 13.8 Å². The van der Waals surface area contributed by atoms with E-state index in [4.69, 9.17) is 5.11 Å². The summed E-state index contributed by atoms with van der Waals surface area (Å²) in [5, 5.41) is 8.54. The predicted octanol–water partition coefficient (Wildman–Crippen LogP) is 2.68. The third-order valence-corrected chi connectivity index (χ3v) is 2.46. The zero-order valence-corrected chi connectivity index (χ0v) is 9.87. The molecular formula is C13H15FO3. The number of rotatable bonds is 5. The smallest absolute Gasteiger partial charge is 0.303 e. The lowest BCUT2D eigenvalue weighted by atomic mass is 9.98. The molecule has 1 rings (SSSR count). The molecule has 0 aromatic heterocycles. The van der Waals surface area contributed by atoms with Gasteiger partial charge in [0.25, 0.3) is 0 Å². The first-order valence-electron chi connectivity index (χ1n) is 5.46. The Bertz CT molecular complexity index is 438. The highest BCUT2D eigenvalue weighted by atomic mass is 19.1. The van der Waals surface area contributed by atoms with Crippen LogP contribution in [0.15, 0.2) is 18.2 Å². The van der Waals surface area contributed by atoms with E-state index in [9.17, 15) is 14.0 Å². The fraction of sp³-hybridized carbons (Fsp3) is 0.385. The lowest BCUT2D eigenvalue weighted by molar-refractivity contribution is -0.136. The minimum atomic E-state index is -0.981. The molecular weight excluding hydrogens is 223 g/mol. The van der Waals surface area contributed by atoms with Crippen LogP contribution in [0.4, 0.5) is 4.39 Å². The van der Waals surface area contributed by atoms with Crippen molar-refractivity contribution in [3.8, 4) is 0 Å². The van der Waals surface area contributed by atoms with Gasteiger partial charge in [0.2, 0.25) is 0 Å². The number of carboxylic acids is 1. The number of hydrogen-bond acceptors (Lipinski definition) is 2. The van der Waals surface area contributed by atoms with E-state index in [0.29, 0.717) is 5.56 Å². The number of aryl methyl sites for hydroxylation is 1. The number of carbonyl (C=O) groups excluding carboxylic acids is 1. The Kier molecular flexibility index (Phi) is 4.37. The molecule has 0 aliphatic carbocycles. The normalized spacial score (nSPS) is 10.6. The molecule has 3 nitrogen and oxygen atoms in total. The van der Waals surface area contributed by atoms with E-state index in [-0.39, 0.29) is 30.1 Å². The third-order valence-electron chi connectivity index (χ3n) is 2.46. The molecule has 0 atom stereocenters. The number of aliphatic carboxylic acids is 1. The Balaban J connectivity index is 2.94. The summed E-state index contributed by atoms with van der Waals surface area (Å²) in [6.07, 6.45) is -0.0450. The first kappa shape index (κ1) is 13.4. The summed E-state index contributed by atoms with van der Waals surface area (Å²) in [5.74, 6) is -1.68. The Labute approximate surface area is 99.3 Å². The number of halogens is 1. The van der Waals surface area contributed by atoms with Crippen LogP contribution in [-0.2, 0) is 11.2 Å². The van der Waals surface area contributed by atoms with Crippen LogP contribution in [0.3, 0.4) is 0 Å². The monoisotopic (exact) mass is 238 g/mol. The number of carbonyl (C=O) groups is 2. The second-order valence-corrected chi connectivity index (χ2v) is 4.22. The van der Waals surface area contributed by atoms with Crippen LogP contribution >= 0.6 is 0 Å². The average molecular weight is 238 g/mol. The molecule has 4 heteroatoms. The number of ketones is 1. The standard InChI is InChI=1S/C13H15FO3/c1-8(2)13(17)10-3-5-11(14)9(7-10)4-6-12(15)16/h3,5,7-8H,4,6H2,1-2H3,(H,15,16). The van der Waals surface area contributed by atoms with Crippen molar-refractivity contribution >= 4 is 11.8 Å². The summed E-state index contributed by atoms with van der Waals surface area (Å²) >= 11 is 0. The Morgan fingerprint density at radius 1 is 1.35 bits per heavy atom. The predicted molar refractivity (Wildman–Crippen MR) is 61.5 cm³/mol. The second-order valence-electron chi connectivity index (χ2n) is 4.22. The van der Waals surface area contributed by atoms with Crippen LogP contribution < -0.4 is 0 Å². The zero-order valence-electron chi connectivity index (χ0n) is 9.87. The molecule has 0 spiro atoms. The van der Waals surface area contributed by atoms with Crippen LogP contribution in [-0.4, -0.2) is 16.9 Å². The van der Waals surface area contributed by atoms with E-state index in [1.807, 2.05) is 0 Å². The van der Waals surface area contributed by atoms with Crippen molar-refractivity contribution in [1.82, 2.24) is 0 Å². The average Bonchev–Trinajstić information content (AvgIpc) is 2.26. The molecule has 0 amide bonds. The van der Waals surface area contributed by atoms with E-state index >= 15 is 0 Å². The Morgan fingerprint density at radius 2 is 2.00 bits per heavy atom. The first-order valence-corrected chi connectivity index (χ1v) is 5.46. The molecule has 0 saturated carbocycles. The zero-order chi connectivity index (χ0) is 13.0. The lowest BCUT2D eigenvalue weighted by Gasteiger charge is -2.07. The highest BCUT2D eigenvalue weighted by Crippen LogP contribution is 2.15. The van der Waals surface area contributed by atoms with Crippen LogP contribution in [0, 0.1) is 11.7 Å². The fourth-order valence-corrected chi connectivity index (χ4v) is 1.49. The van der Waals surface area contributed by atoms with Crippen molar-refractivity contribution in [1.29, 1.82) is 0 Å². The molecule has 1 aromatic rings. The van der Waals surface area contributed by atoms with E-state index in [1.165, 1.54) is 18.2 Å². The summed E-state index contributed by atoms with van der Waals surface area (Å²) < 4.78 is 13.4. The molecule has 0 fully saturated rings. The van der Waals surface area contributed by atoms with Gasteiger partial charge in [0.15, 0.2) is 5.78 Å². The SMILES string of the molecule is CC(C)C(=O)c1ccc(F)c(CCC(=O)O)c1. The van der Waals surface area contributed by atoms with E-state index < -0.39 is 11.8 Å². The van der Waals surface area contributed by atoms with Gasteiger partial charge in [0.05, 0.1) is 0 Å². The first-order chi connectivity index (χ1) is 7.91. The minimum Gasteiger partial charge on any atom is -0.481 e. The van der Waals surface area contributed by atoms with Crippen LogP contribution in [0.2, 0.25) is 0 Å². The summed E-state index contributed by atoms with van der Waals surface area (Å²) in [5.41, 5.74) is 0.709. The van der Waals surface area contributed by atoms with Crippen molar-refractivity contribution < 1.29 is 19.1 Å². The molecule has 0 saturated heterocycles.